The molecule has 0 fully saturated rings. The number of rotatable bonds is 10. The molecule has 45 heavy (non-hydrogen) atoms. The summed E-state index contributed by atoms with van der Waals surface area (Å²) in [7, 11) is 4.00. The van der Waals surface area contributed by atoms with Crippen molar-refractivity contribution >= 4 is 34.9 Å². The lowest BCUT2D eigenvalue weighted by Gasteiger charge is -2.36. The molecule has 0 aliphatic carbocycles. The molecule has 0 bridgehead atoms. The van der Waals surface area contributed by atoms with Crippen LogP contribution in [0.25, 0.3) is 0 Å². The van der Waals surface area contributed by atoms with Crippen LogP contribution in [0.3, 0.4) is 0 Å². The predicted octanol–water partition coefficient (Wildman–Crippen LogP) is 4.27. The van der Waals surface area contributed by atoms with Crippen molar-refractivity contribution in [2.75, 3.05) is 43.1 Å². The summed E-state index contributed by atoms with van der Waals surface area (Å²) < 4.78 is 0. The van der Waals surface area contributed by atoms with Crippen LogP contribution in [0.15, 0.2) is 103 Å². The van der Waals surface area contributed by atoms with Gasteiger partial charge in [-0.25, -0.2) is 10.2 Å². The van der Waals surface area contributed by atoms with Crippen molar-refractivity contribution in [2.45, 2.75) is 31.6 Å². The normalized spacial score (nSPS) is 17.3. The molecule has 2 atom stereocenters. The molecular formula is C34H40N8O3. The number of carbonyl (C=O) groups is 3. The molecule has 6 N–H and O–H groups in total. The molecule has 0 aromatic heterocycles. The second-order valence-corrected chi connectivity index (χ2v) is 11.9. The van der Waals surface area contributed by atoms with Crippen molar-refractivity contribution in [1.29, 1.82) is 0 Å². The van der Waals surface area contributed by atoms with Gasteiger partial charge in [0, 0.05) is 41.3 Å². The summed E-state index contributed by atoms with van der Waals surface area (Å²) in [6, 6.07) is 23.8. The summed E-state index contributed by atoms with van der Waals surface area (Å²) in [5, 5.41) is 12.3. The largest absolute Gasteiger partial charge is 0.365 e. The highest BCUT2D eigenvalue weighted by Gasteiger charge is 2.47. The summed E-state index contributed by atoms with van der Waals surface area (Å²) in [6.07, 6.45) is 0.954. The van der Waals surface area contributed by atoms with Crippen molar-refractivity contribution in [3.8, 4) is 0 Å². The first-order chi connectivity index (χ1) is 21.5. The molecule has 0 radical (unpaired) electrons. The molecule has 234 valence electrons. The minimum absolute atomic E-state index is 0.123. The van der Waals surface area contributed by atoms with Gasteiger partial charge in [0.15, 0.2) is 0 Å². The quantitative estimate of drug-likeness (QED) is 0.190. The fourth-order valence-electron chi connectivity index (χ4n) is 5.55. The van der Waals surface area contributed by atoms with E-state index in [1.165, 1.54) is 6.08 Å². The number of benzene rings is 3. The van der Waals surface area contributed by atoms with Gasteiger partial charge in [-0.1, -0.05) is 36.9 Å². The minimum atomic E-state index is -0.550. The molecule has 1 unspecified atom stereocenters. The van der Waals surface area contributed by atoms with Crippen LogP contribution in [-0.2, 0) is 4.79 Å². The first kappa shape index (κ1) is 31.3. The van der Waals surface area contributed by atoms with Crippen LogP contribution in [0.2, 0.25) is 0 Å². The van der Waals surface area contributed by atoms with Gasteiger partial charge in [0.1, 0.15) is 6.17 Å². The maximum Gasteiger partial charge on any atom is 0.318 e. The Kier molecular flexibility index (Phi) is 9.21. The summed E-state index contributed by atoms with van der Waals surface area (Å²) in [6.45, 7) is 8.65. The van der Waals surface area contributed by atoms with Crippen LogP contribution in [0, 0.1) is 0 Å². The molecule has 0 saturated heterocycles. The third-order valence-corrected chi connectivity index (χ3v) is 7.97. The monoisotopic (exact) mass is 608 g/mol. The first-order valence-corrected chi connectivity index (χ1v) is 14.8. The number of likely N-dealkylation sites (N-methyl/N-ethyl adjacent to an activating group) is 1. The third-order valence-electron chi connectivity index (χ3n) is 7.97. The smallest absolute Gasteiger partial charge is 0.318 e. The molecule has 3 aromatic carbocycles. The van der Waals surface area contributed by atoms with Crippen molar-refractivity contribution in [3.05, 3.63) is 114 Å². The van der Waals surface area contributed by atoms with Crippen molar-refractivity contribution < 1.29 is 14.4 Å². The zero-order valence-electron chi connectivity index (χ0n) is 26.0. The molecular weight excluding hydrogens is 568 g/mol. The van der Waals surface area contributed by atoms with Gasteiger partial charge in [-0.05, 0) is 88.1 Å². The van der Waals surface area contributed by atoms with Crippen molar-refractivity contribution in [1.82, 2.24) is 26.0 Å². The van der Waals surface area contributed by atoms with Gasteiger partial charge in [0.2, 0.25) is 5.91 Å². The zero-order valence-corrected chi connectivity index (χ0v) is 26.0. The Bertz CT molecular complexity index is 1580. The zero-order chi connectivity index (χ0) is 32.1. The molecule has 11 nitrogen and oxygen atoms in total. The number of nitrogens with zero attached hydrogens (tertiary/aromatic N) is 2. The van der Waals surface area contributed by atoms with E-state index in [2.05, 4.69) is 43.6 Å². The number of nitrogens with one attached hydrogen (secondary N) is 6. The molecule has 0 spiro atoms. The van der Waals surface area contributed by atoms with Crippen LogP contribution >= 0.6 is 0 Å². The Labute approximate surface area is 263 Å². The maximum absolute atomic E-state index is 13.7. The number of anilines is 3. The highest BCUT2D eigenvalue weighted by Crippen LogP contribution is 2.37. The van der Waals surface area contributed by atoms with Crippen LogP contribution in [0.1, 0.15) is 35.8 Å². The van der Waals surface area contributed by atoms with E-state index in [0.29, 0.717) is 30.0 Å². The Morgan fingerprint density at radius 3 is 2.22 bits per heavy atom. The number of amides is 4. The van der Waals surface area contributed by atoms with Crippen molar-refractivity contribution in [3.63, 3.8) is 0 Å². The minimum Gasteiger partial charge on any atom is -0.365 e. The highest BCUT2D eigenvalue weighted by molar-refractivity contribution is 6.05. The van der Waals surface area contributed by atoms with Gasteiger partial charge in [0.25, 0.3) is 5.91 Å². The molecule has 5 rings (SSSR count). The van der Waals surface area contributed by atoms with Gasteiger partial charge in [0.05, 0.1) is 17.3 Å². The van der Waals surface area contributed by atoms with Crippen LogP contribution in [0.4, 0.5) is 21.9 Å². The highest BCUT2D eigenvalue weighted by atomic mass is 16.2. The molecule has 4 amide bonds. The summed E-state index contributed by atoms with van der Waals surface area (Å²) in [5.41, 5.74) is 11.7. The van der Waals surface area contributed by atoms with E-state index in [9.17, 15) is 14.4 Å². The van der Waals surface area contributed by atoms with Crippen LogP contribution < -0.4 is 32.1 Å². The van der Waals surface area contributed by atoms with E-state index in [1.807, 2.05) is 87.4 Å². The number of hydrogen-bond donors (Lipinski definition) is 6. The number of urea groups is 1. The molecule has 11 heteroatoms. The Hall–Kier alpha value is -5.13. The first-order valence-electron chi connectivity index (χ1n) is 14.8. The lowest BCUT2D eigenvalue weighted by molar-refractivity contribution is -0.111. The standard InChI is InChI=1S/C34H40N8O3/c1-6-29(43)35-24-14-12-23(13-15-24)32(44)37-26-18-16-25(17-19-26)36-31-27-20-42(34(2,3)30(27)39-40-31)33(45)38-28(21-41(4)5)22-10-8-7-9-11-22/h6-19,28,31,36,39-40H,1,20-21H2,2-5H3,(H,35,43)(H,37,44)(H,38,45)/t28-,31?/m1/s1. The molecule has 2 heterocycles. The molecule has 3 aromatic rings. The summed E-state index contributed by atoms with van der Waals surface area (Å²) in [4.78, 5) is 41.8. The predicted molar refractivity (Wildman–Crippen MR) is 177 cm³/mol. The number of carbonyl (C=O) groups excluding carboxylic acids is 3. The fraction of sp³-hybridized carbons (Fsp3) is 0.265. The van der Waals surface area contributed by atoms with E-state index in [0.717, 1.165) is 22.5 Å². The maximum atomic E-state index is 13.7. The van der Waals surface area contributed by atoms with E-state index in [4.69, 9.17) is 0 Å². The number of hydrogen-bond acceptors (Lipinski definition) is 7. The molecule has 2 aliphatic rings. The average Bonchev–Trinajstić information content (AvgIpc) is 3.55. The van der Waals surface area contributed by atoms with E-state index < -0.39 is 5.54 Å². The van der Waals surface area contributed by atoms with E-state index in [1.54, 1.807) is 24.3 Å². The lowest BCUT2D eigenvalue weighted by Crippen LogP contribution is -2.55. The number of hydrazine groups is 1. The second-order valence-electron chi connectivity index (χ2n) is 11.9. The fourth-order valence-corrected chi connectivity index (χ4v) is 5.55. The Balaban J connectivity index is 1.20. The van der Waals surface area contributed by atoms with Crippen LogP contribution in [0.5, 0.6) is 0 Å². The third kappa shape index (κ3) is 7.17. The van der Waals surface area contributed by atoms with E-state index in [-0.39, 0.29) is 30.1 Å². The van der Waals surface area contributed by atoms with Crippen molar-refractivity contribution in [2.24, 2.45) is 0 Å². The van der Waals surface area contributed by atoms with Gasteiger partial charge in [-0.2, -0.15) is 0 Å². The summed E-state index contributed by atoms with van der Waals surface area (Å²) >= 11 is 0. The van der Waals surface area contributed by atoms with Crippen LogP contribution in [-0.4, -0.2) is 66.5 Å². The van der Waals surface area contributed by atoms with Gasteiger partial charge >= 0.3 is 6.03 Å². The molecule has 2 aliphatic heterocycles. The van der Waals surface area contributed by atoms with E-state index >= 15 is 0 Å². The average molecular weight is 609 g/mol. The second kappa shape index (κ2) is 13.2. The van der Waals surface area contributed by atoms with Gasteiger partial charge < -0.3 is 36.5 Å². The molecule has 0 saturated carbocycles. The topological polar surface area (TPSA) is 130 Å². The Morgan fingerprint density at radius 2 is 1.58 bits per heavy atom. The van der Waals surface area contributed by atoms with Gasteiger partial charge in [-0.3, -0.25) is 9.59 Å². The van der Waals surface area contributed by atoms with Gasteiger partial charge in [-0.15, -0.1) is 0 Å². The summed E-state index contributed by atoms with van der Waals surface area (Å²) in [5.74, 6) is -0.579. The SMILES string of the molecule is C=CC(=O)Nc1ccc(C(=O)Nc2ccc(NC3NNC4=C3CN(C(=O)N[C@H](CN(C)C)c3ccccc3)C4(C)C)cc2)cc1. The Morgan fingerprint density at radius 1 is 0.956 bits per heavy atom. The lowest BCUT2D eigenvalue weighted by atomic mass is 10.0.